The number of aromatic nitrogens is 1. The molecule has 9 heteroatoms. The van der Waals surface area contributed by atoms with Crippen molar-refractivity contribution in [1.29, 1.82) is 0 Å². The number of non-ortho nitro benzene ring substituents is 1. The molecule has 1 aromatic heterocycles. The fourth-order valence-corrected chi connectivity index (χ4v) is 2.95. The molecule has 0 amide bonds. The standard InChI is InChI=1S/C16H19N3O2.C4H4O4/c1-11(2)18-7-5-12(6-8-18)16-10-13-9-14(19(20)21)3-4-15(13)17-16;5-3(6)1-2-4(7)8/h3-5,9-11,17H,6-8H2,1-2H3;1-2H,(H,5,6)(H,7,8). The maximum atomic E-state index is 10.8. The minimum atomic E-state index is -1.26. The number of H-pyrrole nitrogens is 1. The minimum Gasteiger partial charge on any atom is -0.478 e. The molecule has 0 fully saturated rings. The molecule has 3 N–H and O–H groups in total. The lowest BCUT2D eigenvalue weighted by molar-refractivity contribution is -0.384. The molecule has 29 heavy (non-hydrogen) atoms. The van der Waals surface area contributed by atoms with E-state index >= 15 is 0 Å². The van der Waals surface area contributed by atoms with E-state index in [-0.39, 0.29) is 10.6 Å². The van der Waals surface area contributed by atoms with Crippen molar-refractivity contribution in [2.75, 3.05) is 13.1 Å². The largest absolute Gasteiger partial charge is 0.478 e. The Hall–Kier alpha value is -3.46. The van der Waals surface area contributed by atoms with Crippen molar-refractivity contribution in [2.45, 2.75) is 26.3 Å². The van der Waals surface area contributed by atoms with Crippen molar-refractivity contribution < 1.29 is 24.7 Å². The van der Waals surface area contributed by atoms with Crippen LogP contribution in [0.25, 0.3) is 16.5 Å². The number of carboxylic acids is 2. The van der Waals surface area contributed by atoms with E-state index in [9.17, 15) is 19.7 Å². The van der Waals surface area contributed by atoms with Gasteiger partial charge in [-0.25, -0.2) is 9.59 Å². The lowest BCUT2D eigenvalue weighted by atomic mass is 10.0. The number of carboxylic acid groups (broad SMARTS) is 2. The third kappa shape index (κ3) is 6.28. The Morgan fingerprint density at radius 1 is 1.21 bits per heavy atom. The Labute approximate surface area is 167 Å². The first-order chi connectivity index (χ1) is 13.7. The first-order valence-electron chi connectivity index (χ1n) is 9.02. The van der Waals surface area contributed by atoms with Crippen LogP contribution in [0.15, 0.2) is 42.5 Å². The van der Waals surface area contributed by atoms with E-state index < -0.39 is 11.9 Å². The van der Waals surface area contributed by atoms with E-state index in [2.05, 4.69) is 29.8 Å². The van der Waals surface area contributed by atoms with Crippen molar-refractivity contribution >= 4 is 34.1 Å². The average molecular weight is 401 g/mol. The van der Waals surface area contributed by atoms with Gasteiger partial charge in [0.2, 0.25) is 0 Å². The molecule has 2 aromatic rings. The van der Waals surface area contributed by atoms with E-state index in [0.717, 1.165) is 36.1 Å². The summed E-state index contributed by atoms with van der Waals surface area (Å²) >= 11 is 0. The van der Waals surface area contributed by atoms with Crippen LogP contribution in [0.5, 0.6) is 0 Å². The second-order valence-corrected chi connectivity index (χ2v) is 6.79. The van der Waals surface area contributed by atoms with Gasteiger partial charge in [0.05, 0.1) is 4.92 Å². The summed E-state index contributed by atoms with van der Waals surface area (Å²) in [5, 5.41) is 27.4. The molecule has 0 saturated heterocycles. The van der Waals surface area contributed by atoms with Gasteiger partial charge in [0.15, 0.2) is 0 Å². The van der Waals surface area contributed by atoms with Gasteiger partial charge in [-0.1, -0.05) is 6.08 Å². The fourth-order valence-electron chi connectivity index (χ4n) is 2.95. The van der Waals surface area contributed by atoms with E-state index in [4.69, 9.17) is 10.2 Å². The molecule has 9 nitrogen and oxygen atoms in total. The lowest BCUT2D eigenvalue weighted by Crippen LogP contribution is -2.34. The summed E-state index contributed by atoms with van der Waals surface area (Å²) in [4.78, 5) is 35.4. The zero-order valence-electron chi connectivity index (χ0n) is 16.2. The number of nitro benzene ring substituents is 1. The molecule has 0 bridgehead atoms. The molecule has 0 radical (unpaired) electrons. The number of aromatic amines is 1. The predicted octanol–water partition coefficient (Wildman–Crippen LogP) is 3.29. The molecular formula is C20H23N3O6. The summed E-state index contributed by atoms with van der Waals surface area (Å²) in [5.74, 6) is -2.51. The second kappa shape index (κ2) is 9.65. The second-order valence-electron chi connectivity index (χ2n) is 6.79. The first-order valence-corrected chi connectivity index (χ1v) is 9.02. The van der Waals surface area contributed by atoms with E-state index in [0.29, 0.717) is 18.2 Å². The topological polar surface area (TPSA) is 137 Å². The molecular weight excluding hydrogens is 378 g/mol. The van der Waals surface area contributed by atoms with Gasteiger partial charge in [-0.3, -0.25) is 15.0 Å². The lowest BCUT2D eigenvalue weighted by Gasteiger charge is -2.29. The third-order valence-corrected chi connectivity index (χ3v) is 4.50. The number of aliphatic carboxylic acids is 2. The van der Waals surface area contributed by atoms with Crippen LogP contribution in [0, 0.1) is 10.1 Å². The maximum Gasteiger partial charge on any atom is 0.328 e. The molecule has 2 heterocycles. The van der Waals surface area contributed by atoms with Gasteiger partial charge in [-0.05, 0) is 38.0 Å². The highest BCUT2D eigenvalue weighted by Gasteiger charge is 2.17. The Bertz CT molecular complexity index is 958. The Kier molecular flexibility index (Phi) is 7.27. The number of nitrogens with one attached hydrogen (secondary N) is 1. The number of fused-ring (bicyclic) bond motifs is 1. The number of hydrogen-bond donors (Lipinski definition) is 3. The third-order valence-electron chi connectivity index (χ3n) is 4.50. The molecule has 1 aromatic carbocycles. The highest BCUT2D eigenvalue weighted by Crippen LogP contribution is 2.28. The number of nitrogens with zero attached hydrogens (tertiary/aromatic N) is 2. The summed E-state index contributed by atoms with van der Waals surface area (Å²) in [7, 11) is 0. The minimum absolute atomic E-state index is 0.136. The van der Waals surface area contributed by atoms with Gasteiger partial charge in [-0.15, -0.1) is 0 Å². The number of nitro groups is 1. The van der Waals surface area contributed by atoms with Crippen LogP contribution in [-0.2, 0) is 9.59 Å². The molecule has 1 aliphatic heterocycles. The van der Waals surface area contributed by atoms with Gasteiger partial charge in [0.1, 0.15) is 0 Å². The number of rotatable bonds is 5. The van der Waals surface area contributed by atoms with Crippen LogP contribution < -0.4 is 0 Å². The highest BCUT2D eigenvalue weighted by molar-refractivity contribution is 5.89. The van der Waals surface area contributed by atoms with Gasteiger partial charge < -0.3 is 15.2 Å². The van der Waals surface area contributed by atoms with Gasteiger partial charge in [0, 0.05) is 60.0 Å². The van der Waals surface area contributed by atoms with Gasteiger partial charge >= 0.3 is 11.9 Å². The summed E-state index contributed by atoms with van der Waals surface area (Å²) in [6.07, 6.45) is 4.38. The predicted molar refractivity (Wildman–Crippen MR) is 109 cm³/mol. The number of benzene rings is 1. The van der Waals surface area contributed by atoms with Crippen molar-refractivity contribution in [3.8, 4) is 0 Å². The van der Waals surface area contributed by atoms with Crippen LogP contribution in [0.1, 0.15) is 26.0 Å². The Morgan fingerprint density at radius 2 is 1.86 bits per heavy atom. The van der Waals surface area contributed by atoms with Crippen LogP contribution in [0.4, 0.5) is 5.69 Å². The zero-order chi connectivity index (χ0) is 21.6. The van der Waals surface area contributed by atoms with Crippen molar-refractivity contribution in [1.82, 2.24) is 9.88 Å². The quantitative estimate of drug-likeness (QED) is 0.397. The average Bonchev–Trinajstić information content (AvgIpc) is 3.10. The van der Waals surface area contributed by atoms with Gasteiger partial charge in [-0.2, -0.15) is 0 Å². The Balaban J connectivity index is 0.000000321. The monoisotopic (exact) mass is 401 g/mol. The smallest absolute Gasteiger partial charge is 0.328 e. The van der Waals surface area contributed by atoms with E-state index in [1.54, 1.807) is 18.2 Å². The number of carbonyl (C=O) groups is 2. The molecule has 0 saturated carbocycles. The maximum absolute atomic E-state index is 10.8. The summed E-state index contributed by atoms with van der Waals surface area (Å²) < 4.78 is 0. The van der Waals surface area contributed by atoms with Crippen LogP contribution in [0.3, 0.4) is 0 Å². The summed E-state index contributed by atoms with van der Waals surface area (Å²) in [6.45, 7) is 6.43. The molecule has 0 aliphatic carbocycles. The van der Waals surface area contributed by atoms with Crippen LogP contribution in [0.2, 0.25) is 0 Å². The normalized spacial score (nSPS) is 14.5. The van der Waals surface area contributed by atoms with E-state index in [1.165, 1.54) is 5.57 Å². The molecule has 0 unspecified atom stereocenters. The Morgan fingerprint density at radius 3 is 2.34 bits per heavy atom. The van der Waals surface area contributed by atoms with Crippen molar-refractivity contribution in [3.63, 3.8) is 0 Å². The molecule has 154 valence electrons. The molecule has 0 spiro atoms. The summed E-state index contributed by atoms with van der Waals surface area (Å²) in [5.41, 5.74) is 3.46. The van der Waals surface area contributed by atoms with Crippen LogP contribution in [-0.4, -0.2) is 56.1 Å². The fraction of sp³-hybridized carbons (Fsp3) is 0.300. The molecule has 0 atom stereocenters. The molecule has 1 aliphatic rings. The SMILES string of the molecule is CC(C)N1CC=C(c2cc3cc([N+](=O)[O-])ccc3[nH]2)CC1.O=C(O)C=CC(=O)O. The first kappa shape index (κ1) is 21.8. The van der Waals surface area contributed by atoms with E-state index in [1.807, 2.05) is 6.07 Å². The van der Waals surface area contributed by atoms with Crippen molar-refractivity contribution in [2.24, 2.45) is 0 Å². The highest BCUT2D eigenvalue weighted by atomic mass is 16.6. The number of hydrogen-bond acceptors (Lipinski definition) is 5. The van der Waals surface area contributed by atoms with Gasteiger partial charge in [0.25, 0.3) is 5.69 Å². The zero-order valence-corrected chi connectivity index (χ0v) is 16.2. The van der Waals surface area contributed by atoms with Crippen LogP contribution >= 0.6 is 0 Å². The molecule has 3 rings (SSSR count). The summed E-state index contributed by atoms with van der Waals surface area (Å²) in [6, 6.07) is 7.52. The van der Waals surface area contributed by atoms with Crippen molar-refractivity contribution in [3.05, 3.63) is 58.3 Å².